The number of ether oxygens (including phenoxy) is 2. The van der Waals surface area contributed by atoms with E-state index in [0.717, 1.165) is 70.6 Å². The summed E-state index contributed by atoms with van der Waals surface area (Å²) in [5.74, 6) is -0.907. The maximum Gasteiger partial charge on any atom is 0.323 e. The highest BCUT2D eigenvalue weighted by atomic mass is 16.6. The zero-order chi connectivity index (χ0) is 21.8. The second kappa shape index (κ2) is 18.9. The lowest BCUT2D eigenvalue weighted by Crippen LogP contribution is -2.39. The molecular weight excluding hydrogens is 368 g/mol. The summed E-state index contributed by atoms with van der Waals surface area (Å²) in [6, 6.07) is 0. The average molecular weight is 415 g/mol. The van der Waals surface area contributed by atoms with Crippen LogP contribution in [0.25, 0.3) is 0 Å². The number of esters is 2. The van der Waals surface area contributed by atoms with E-state index in [1.54, 1.807) is 6.92 Å². The molecule has 0 radical (unpaired) electrons. The highest BCUT2D eigenvalue weighted by Gasteiger charge is 2.43. The van der Waals surface area contributed by atoms with Crippen molar-refractivity contribution in [1.82, 2.24) is 0 Å². The summed E-state index contributed by atoms with van der Waals surface area (Å²) < 4.78 is 10.9. The second-order valence-electron chi connectivity index (χ2n) is 8.32. The standard InChI is InChI=1S/C24H46O5/c1-4-6-8-10-13-17-21-29-23(27)24(3,18-14-11-12-15-19-25)22(26)28-20-16-9-7-5-2/h25H,4-21H2,1-3H3. The summed E-state index contributed by atoms with van der Waals surface area (Å²) in [6.45, 7) is 6.90. The molecule has 0 heterocycles. The summed E-state index contributed by atoms with van der Waals surface area (Å²) in [6.07, 6.45) is 14.6. The van der Waals surface area contributed by atoms with E-state index in [9.17, 15) is 9.59 Å². The van der Waals surface area contributed by atoms with Gasteiger partial charge in [0.25, 0.3) is 0 Å². The molecule has 0 aliphatic carbocycles. The molecule has 0 aliphatic rings. The lowest BCUT2D eigenvalue weighted by molar-refractivity contribution is -0.172. The third-order valence-electron chi connectivity index (χ3n) is 5.45. The molecule has 1 unspecified atom stereocenters. The SMILES string of the molecule is CCCCCCCCOC(=O)C(C)(CCCCCCO)C(=O)OCCCCCC. The molecule has 0 aromatic carbocycles. The predicted octanol–water partition coefficient (Wildman–Crippen LogP) is 5.96. The van der Waals surface area contributed by atoms with Crippen LogP contribution in [0.2, 0.25) is 0 Å². The molecule has 29 heavy (non-hydrogen) atoms. The van der Waals surface area contributed by atoms with Crippen molar-refractivity contribution < 1.29 is 24.2 Å². The molecule has 0 bridgehead atoms. The Labute approximate surface area is 178 Å². The number of carbonyl (C=O) groups excluding carboxylic acids is 2. The molecular formula is C24H46O5. The Bertz CT molecular complexity index is 410. The Morgan fingerprint density at radius 2 is 1.07 bits per heavy atom. The number of hydrogen-bond donors (Lipinski definition) is 1. The van der Waals surface area contributed by atoms with Crippen molar-refractivity contribution in [3.05, 3.63) is 0 Å². The Morgan fingerprint density at radius 1 is 0.655 bits per heavy atom. The van der Waals surface area contributed by atoms with E-state index in [1.165, 1.54) is 19.3 Å². The van der Waals surface area contributed by atoms with Gasteiger partial charge in [-0.3, -0.25) is 9.59 Å². The van der Waals surface area contributed by atoms with Gasteiger partial charge in [-0.15, -0.1) is 0 Å². The molecule has 172 valence electrons. The van der Waals surface area contributed by atoms with Crippen LogP contribution in [-0.2, 0) is 19.1 Å². The number of aliphatic hydroxyl groups is 1. The van der Waals surface area contributed by atoms with Crippen molar-refractivity contribution in [3.8, 4) is 0 Å². The third kappa shape index (κ3) is 13.7. The maximum absolute atomic E-state index is 12.7. The van der Waals surface area contributed by atoms with Crippen molar-refractivity contribution in [2.45, 2.75) is 117 Å². The van der Waals surface area contributed by atoms with Gasteiger partial charge in [0, 0.05) is 6.61 Å². The Morgan fingerprint density at radius 3 is 1.59 bits per heavy atom. The predicted molar refractivity (Wildman–Crippen MR) is 118 cm³/mol. The molecule has 0 spiro atoms. The molecule has 0 saturated heterocycles. The fourth-order valence-corrected chi connectivity index (χ4v) is 3.29. The quantitative estimate of drug-likeness (QED) is 0.151. The van der Waals surface area contributed by atoms with Gasteiger partial charge >= 0.3 is 11.9 Å². The first kappa shape index (κ1) is 27.9. The molecule has 5 heteroatoms. The Kier molecular flexibility index (Phi) is 18.2. The van der Waals surface area contributed by atoms with Crippen LogP contribution in [0, 0.1) is 5.41 Å². The second-order valence-corrected chi connectivity index (χ2v) is 8.32. The Hall–Kier alpha value is -1.10. The van der Waals surface area contributed by atoms with Gasteiger partial charge in [0.15, 0.2) is 5.41 Å². The fourth-order valence-electron chi connectivity index (χ4n) is 3.29. The van der Waals surface area contributed by atoms with Gasteiger partial charge < -0.3 is 14.6 Å². The molecule has 0 rings (SSSR count). The minimum absolute atomic E-state index is 0.178. The molecule has 1 N–H and O–H groups in total. The summed E-state index contributed by atoms with van der Waals surface area (Å²) in [7, 11) is 0. The maximum atomic E-state index is 12.7. The van der Waals surface area contributed by atoms with Crippen LogP contribution < -0.4 is 0 Å². The molecule has 0 amide bonds. The number of rotatable bonds is 20. The molecule has 0 aromatic rings. The highest BCUT2D eigenvalue weighted by Crippen LogP contribution is 2.29. The van der Waals surface area contributed by atoms with Crippen LogP contribution in [-0.4, -0.2) is 36.9 Å². The van der Waals surface area contributed by atoms with Gasteiger partial charge in [0.2, 0.25) is 0 Å². The summed E-state index contributed by atoms with van der Waals surface area (Å²) in [5, 5.41) is 8.90. The molecule has 5 nitrogen and oxygen atoms in total. The van der Waals surface area contributed by atoms with Crippen molar-refractivity contribution in [3.63, 3.8) is 0 Å². The summed E-state index contributed by atoms with van der Waals surface area (Å²) in [4.78, 5) is 25.4. The van der Waals surface area contributed by atoms with Crippen molar-refractivity contribution >= 4 is 11.9 Å². The average Bonchev–Trinajstić information content (AvgIpc) is 2.72. The van der Waals surface area contributed by atoms with Gasteiger partial charge in [-0.25, -0.2) is 0 Å². The van der Waals surface area contributed by atoms with Crippen molar-refractivity contribution in [2.24, 2.45) is 5.41 Å². The summed E-state index contributed by atoms with van der Waals surface area (Å²) >= 11 is 0. The monoisotopic (exact) mass is 414 g/mol. The lowest BCUT2D eigenvalue weighted by Gasteiger charge is -2.25. The Balaban J connectivity index is 4.50. The van der Waals surface area contributed by atoms with Crippen LogP contribution in [0.3, 0.4) is 0 Å². The summed E-state index contributed by atoms with van der Waals surface area (Å²) in [5.41, 5.74) is -1.23. The van der Waals surface area contributed by atoms with Gasteiger partial charge in [-0.1, -0.05) is 84.5 Å². The molecule has 1 atom stereocenters. The number of carbonyl (C=O) groups is 2. The lowest BCUT2D eigenvalue weighted by atomic mass is 9.84. The van der Waals surface area contributed by atoms with Gasteiger partial charge in [0.1, 0.15) is 0 Å². The zero-order valence-electron chi connectivity index (χ0n) is 19.3. The van der Waals surface area contributed by atoms with E-state index < -0.39 is 17.4 Å². The van der Waals surface area contributed by atoms with Crippen molar-refractivity contribution in [1.29, 1.82) is 0 Å². The first-order chi connectivity index (χ1) is 14.0. The normalized spacial score (nSPS) is 13.1. The smallest absolute Gasteiger partial charge is 0.323 e. The van der Waals surface area contributed by atoms with E-state index >= 15 is 0 Å². The zero-order valence-corrected chi connectivity index (χ0v) is 19.3. The highest BCUT2D eigenvalue weighted by molar-refractivity contribution is 5.99. The van der Waals surface area contributed by atoms with Crippen LogP contribution in [0.4, 0.5) is 0 Å². The van der Waals surface area contributed by atoms with E-state index in [2.05, 4.69) is 13.8 Å². The molecule has 0 aliphatic heterocycles. The first-order valence-electron chi connectivity index (χ1n) is 12.0. The van der Waals surface area contributed by atoms with Crippen LogP contribution >= 0.6 is 0 Å². The fraction of sp³-hybridized carbons (Fsp3) is 0.917. The van der Waals surface area contributed by atoms with E-state index in [1.807, 2.05) is 0 Å². The largest absolute Gasteiger partial charge is 0.465 e. The van der Waals surface area contributed by atoms with E-state index in [4.69, 9.17) is 14.6 Å². The topological polar surface area (TPSA) is 72.8 Å². The van der Waals surface area contributed by atoms with E-state index in [-0.39, 0.29) is 6.61 Å². The molecule has 0 saturated carbocycles. The molecule has 0 fully saturated rings. The third-order valence-corrected chi connectivity index (χ3v) is 5.45. The number of aliphatic hydroxyl groups excluding tert-OH is 1. The van der Waals surface area contributed by atoms with Crippen LogP contribution in [0.15, 0.2) is 0 Å². The minimum atomic E-state index is -1.23. The van der Waals surface area contributed by atoms with Crippen LogP contribution in [0.5, 0.6) is 0 Å². The molecule has 0 aromatic heterocycles. The number of hydrogen-bond acceptors (Lipinski definition) is 5. The first-order valence-corrected chi connectivity index (χ1v) is 12.0. The van der Waals surface area contributed by atoms with Gasteiger partial charge in [-0.05, 0) is 32.6 Å². The number of unbranched alkanes of at least 4 members (excludes halogenated alkanes) is 11. The van der Waals surface area contributed by atoms with Crippen LogP contribution in [0.1, 0.15) is 117 Å². The minimum Gasteiger partial charge on any atom is -0.465 e. The van der Waals surface area contributed by atoms with Gasteiger partial charge in [-0.2, -0.15) is 0 Å². The van der Waals surface area contributed by atoms with E-state index in [0.29, 0.717) is 19.6 Å². The van der Waals surface area contributed by atoms with Crippen molar-refractivity contribution in [2.75, 3.05) is 19.8 Å². The van der Waals surface area contributed by atoms with Gasteiger partial charge in [0.05, 0.1) is 13.2 Å².